The van der Waals surface area contributed by atoms with Crippen molar-refractivity contribution in [2.24, 2.45) is 5.73 Å². The normalized spacial score (nSPS) is 10.9. The van der Waals surface area contributed by atoms with Crippen molar-refractivity contribution in [3.63, 3.8) is 0 Å². The maximum atomic E-state index is 13.4. The summed E-state index contributed by atoms with van der Waals surface area (Å²) in [4.78, 5) is 0.620. The fourth-order valence-electron chi connectivity index (χ4n) is 1.13. The molecule has 0 amide bonds. The van der Waals surface area contributed by atoms with Crippen LogP contribution in [0.2, 0.25) is 0 Å². The molecule has 2 nitrogen and oxygen atoms in total. The molecule has 0 atom stereocenters. The Morgan fingerprint density at radius 1 is 1.43 bits per heavy atom. The fraction of sp³-hybridized carbons (Fsp3) is 0.400. The van der Waals surface area contributed by atoms with E-state index in [-0.39, 0.29) is 5.82 Å². The van der Waals surface area contributed by atoms with Crippen LogP contribution in [0.3, 0.4) is 0 Å². The first-order chi connectivity index (χ1) is 6.54. The van der Waals surface area contributed by atoms with Crippen LogP contribution in [-0.2, 0) is 6.54 Å². The van der Waals surface area contributed by atoms with Crippen LogP contribution in [0.4, 0.5) is 10.1 Å². The van der Waals surface area contributed by atoms with E-state index >= 15 is 0 Å². The highest BCUT2D eigenvalue weighted by Gasteiger charge is 2.08. The van der Waals surface area contributed by atoms with Crippen LogP contribution in [0, 0.1) is 5.82 Å². The molecule has 0 fully saturated rings. The smallest absolute Gasteiger partial charge is 0.138 e. The molecular weight excluding hydrogens is 199 g/mol. The third-order valence-corrected chi connectivity index (χ3v) is 2.81. The van der Waals surface area contributed by atoms with Crippen molar-refractivity contribution in [2.45, 2.75) is 30.5 Å². The molecule has 1 aromatic carbocycles. The van der Waals surface area contributed by atoms with E-state index in [0.717, 1.165) is 5.56 Å². The number of benzene rings is 1. The molecule has 0 heterocycles. The summed E-state index contributed by atoms with van der Waals surface area (Å²) in [6.07, 6.45) is 0. The number of hydrogen-bond acceptors (Lipinski definition) is 3. The number of rotatable bonds is 3. The van der Waals surface area contributed by atoms with Crippen molar-refractivity contribution >= 4 is 17.4 Å². The van der Waals surface area contributed by atoms with Crippen LogP contribution < -0.4 is 11.5 Å². The van der Waals surface area contributed by atoms with Gasteiger partial charge in [-0.2, -0.15) is 0 Å². The van der Waals surface area contributed by atoms with Gasteiger partial charge < -0.3 is 11.5 Å². The number of nitrogens with two attached hydrogens (primary N) is 2. The Morgan fingerprint density at radius 3 is 2.57 bits per heavy atom. The average Bonchev–Trinajstić information content (AvgIpc) is 2.09. The van der Waals surface area contributed by atoms with E-state index in [4.69, 9.17) is 11.5 Å². The Morgan fingerprint density at radius 2 is 2.07 bits per heavy atom. The van der Waals surface area contributed by atoms with Crippen LogP contribution in [0.5, 0.6) is 0 Å². The monoisotopic (exact) mass is 214 g/mol. The van der Waals surface area contributed by atoms with Crippen LogP contribution in [0.15, 0.2) is 17.0 Å². The lowest BCUT2D eigenvalue weighted by molar-refractivity contribution is 0.601. The molecule has 0 bridgehead atoms. The maximum absolute atomic E-state index is 13.4. The zero-order valence-corrected chi connectivity index (χ0v) is 9.20. The highest BCUT2D eigenvalue weighted by molar-refractivity contribution is 7.99. The van der Waals surface area contributed by atoms with E-state index in [9.17, 15) is 4.39 Å². The third-order valence-electron chi connectivity index (χ3n) is 1.78. The summed E-state index contributed by atoms with van der Waals surface area (Å²) < 4.78 is 13.4. The lowest BCUT2D eigenvalue weighted by atomic mass is 10.2. The zero-order chi connectivity index (χ0) is 10.7. The van der Waals surface area contributed by atoms with Gasteiger partial charge >= 0.3 is 0 Å². The van der Waals surface area contributed by atoms with Crippen molar-refractivity contribution in [1.82, 2.24) is 0 Å². The molecule has 78 valence electrons. The Labute approximate surface area is 87.9 Å². The van der Waals surface area contributed by atoms with Crippen molar-refractivity contribution in [3.05, 3.63) is 23.5 Å². The molecule has 4 N–H and O–H groups in total. The molecule has 4 heteroatoms. The van der Waals surface area contributed by atoms with Crippen molar-refractivity contribution in [3.8, 4) is 0 Å². The molecule has 1 rings (SSSR count). The molecule has 0 aliphatic carbocycles. The maximum Gasteiger partial charge on any atom is 0.138 e. The van der Waals surface area contributed by atoms with Crippen LogP contribution in [-0.4, -0.2) is 5.25 Å². The van der Waals surface area contributed by atoms with E-state index < -0.39 is 0 Å². The van der Waals surface area contributed by atoms with Gasteiger partial charge in [-0.25, -0.2) is 4.39 Å². The molecule has 0 aliphatic rings. The van der Waals surface area contributed by atoms with Gasteiger partial charge in [0, 0.05) is 22.4 Å². The minimum atomic E-state index is -0.265. The second-order valence-corrected chi connectivity index (χ2v) is 4.97. The number of anilines is 1. The van der Waals surface area contributed by atoms with E-state index in [0.29, 0.717) is 22.4 Å². The molecule has 0 radical (unpaired) electrons. The predicted octanol–water partition coefficient (Wildman–Crippen LogP) is 2.37. The topological polar surface area (TPSA) is 52.0 Å². The van der Waals surface area contributed by atoms with Crippen LogP contribution >= 0.6 is 11.8 Å². The standard InChI is InChI=1S/C10H15FN2S/c1-6(2)14-10-3-7(5-12)9(13)4-8(10)11/h3-4,6H,5,12-13H2,1-2H3. The molecule has 0 spiro atoms. The van der Waals surface area contributed by atoms with E-state index in [2.05, 4.69) is 0 Å². The zero-order valence-electron chi connectivity index (χ0n) is 8.38. The van der Waals surface area contributed by atoms with Gasteiger partial charge in [0.25, 0.3) is 0 Å². The first-order valence-electron chi connectivity index (χ1n) is 4.49. The molecule has 14 heavy (non-hydrogen) atoms. The van der Waals surface area contributed by atoms with Crippen molar-refractivity contribution < 1.29 is 4.39 Å². The predicted molar refractivity (Wildman–Crippen MR) is 59.7 cm³/mol. The molecule has 1 aromatic rings. The van der Waals surface area contributed by atoms with Crippen LogP contribution in [0.25, 0.3) is 0 Å². The van der Waals surface area contributed by atoms with Crippen molar-refractivity contribution in [1.29, 1.82) is 0 Å². The van der Waals surface area contributed by atoms with Gasteiger partial charge in [0.1, 0.15) is 5.82 Å². The SMILES string of the molecule is CC(C)Sc1cc(CN)c(N)cc1F. The molecular formula is C10H15FN2S. The number of nitrogen functional groups attached to an aromatic ring is 1. The Kier molecular flexibility index (Phi) is 3.77. The number of hydrogen-bond donors (Lipinski definition) is 2. The largest absolute Gasteiger partial charge is 0.398 e. The fourth-order valence-corrected chi connectivity index (χ4v) is 2.02. The van der Waals surface area contributed by atoms with Gasteiger partial charge in [-0.3, -0.25) is 0 Å². The second kappa shape index (κ2) is 4.66. The number of halogens is 1. The quantitative estimate of drug-likeness (QED) is 0.600. The summed E-state index contributed by atoms with van der Waals surface area (Å²) in [6, 6.07) is 3.07. The van der Waals surface area contributed by atoms with Gasteiger partial charge in [0.2, 0.25) is 0 Å². The summed E-state index contributed by atoms with van der Waals surface area (Å²) in [6.45, 7) is 4.38. The second-order valence-electron chi connectivity index (χ2n) is 3.35. The highest BCUT2D eigenvalue weighted by atomic mass is 32.2. The summed E-state index contributed by atoms with van der Waals surface area (Å²) in [5.41, 5.74) is 12.3. The Hall–Kier alpha value is -0.740. The van der Waals surface area contributed by atoms with E-state index in [1.165, 1.54) is 17.8 Å². The first-order valence-corrected chi connectivity index (χ1v) is 5.37. The molecule has 0 unspecified atom stereocenters. The number of thioether (sulfide) groups is 1. The lowest BCUT2D eigenvalue weighted by Gasteiger charge is -2.10. The molecule has 0 saturated heterocycles. The summed E-state index contributed by atoms with van der Waals surface area (Å²) in [7, 11) is 0. The molecule has 0 aliphatic heterocycles. The Balaban J connectivity index is 3.04. The minimum absolute atomic E-state index is 0.265. The van der Waals surface area contributed by atoms with Gasteiger partial charge in [0.15, 0.2) is 0 Å². The van der Waals surface area contributed by atoms with E-state index in [1.54, 1.807) is 6.07 Å². The highest BCUT2D eigenvalue weighted by Crippen LogP contribution is 2.29. The van der Waals surface area contributed by atoms with Gasteiger partial charge in [-0.1, -0.05) is 13.8 Å². The average molecular weight is 214 g/mol. The Bertz CT molecular complexity index is 326. The summed E-state index contributed by atoms with van der Waals surface area (Å²) in [5, 5.41) is 0.346. The first kappa shape index (κ1) is 11.3. The molecule has 0 aromatic heterocycles. The van der Waals surface area contributed by atoms with Gasteiger partial charge in [0.05, 0.1) is 0 Å². The van der Waals surface area contributed by atoms with Gasteiger partial charge in [-0.05, 0) is 17.7 Å². The summed E-state index contributed by atoms with van der Waals surface area (Å²) >= 11 is 1.48. The molecule has 0 saturated carbocycles. The van der Waals surface area contributed by atoms with Crippen LogP contribution in [0.1, 0.15) is 19.4 Å². The van der Waals surface area contributed by atoms with Crippen molar-refractivity contribution in [2.75, 3.05) is 5.73 Å². The third kappa shape index (κ3) is 2.62. The van der Waals surface area contributed by atoms with Gasteiger partial charge in [-0.15, -0.1) is 11.8 Å². The summed E-state index contributed by atoms with van der Waals surface area (Å²) in [5.74, 6) is -0.265. The van der Waals surface area contributed by atoms with E-state index in [1.807, 2.05) is 13.8 Å². The lowest BCUT2D eigenvalue weighted by Crippen LogP contribution is -2.03. The minimum Gasteiger partial charge on any atom is -0.398 e.